The van der Waals surface area contributed by atoms with Gasteiger partial charge in [-0.1, -0.05) is 0 Å². The summed E-state index contributed by atoms with van der Waals surface area (Å²) in [5.74, 6) is -1.89. The van der Waals surface area contributed by atoms with E-state index in [0.717, 1.165) is 0 Å². The summed E-state index contributed by atoms with van der Waals surface area (Å²) < 4.78 is 17.9. The number of hydrogen-bond donors (Lipinski definition) is 2. The van der Waals surface area contributed by atoms with Crippen LogP contribution in [0, 0.1) is 17.1 Å². The van der Waals surface area contributed by atoms with Gasteiger partial charge in [-0.3, -0.25) is 0 Å². The lowest BCUT2D eigenvalue weighted by Crippen LogP contribution is -2.05. The molecule has 1 aromatic carbocycles. The maximum Gasteiger partial charge on any atom is 0.372 e. The molecule has 0 spiro atoms. The molecular weight excluding hydrogens is 251 g/mol. The van der Waals surface area contributed by atoms with Crippen LogP contribution >= 0.6 is 0 Å². The second kappa shape index (κ2) is 5.23. The third-order valence-corrected chi connectivity index (χ3v) is 2.51. The first kappa shape index (κ1) is 12.6. The number of carboxylic acid groups (broad SMARTS) is 1. The lowest BCUT2D eigenvalue weighted by Gasteiger charge is -2.06. The van der Waals surface area contributed by atoms with Gasteiger partial charge in [0.15, 0.2) is 0 Å². The maximum atomic E-state index is 13.1. The Balaban J connectivity index is 2.13. The quantitative estimate of drug-likeness (QED) is 0.882. The van der Waals surface area contributed by atoms with Crippen LogP contribution in [-0.2, 0) is 6.54 Å². The molecule has 0 saturated carbocycles. The molecule has 0 aliphatic heterocycles. The van der Waals surface area contributed by atoms with Crippen LogP contribution in [0.15, 0.2) is 34.9 Å². The van der Waals surface area contributed by atoms with Crippen molar-refractivity contribution in [1.82, 2.24) is 0 Å². The second-order valence-corrected chi connectivity index (χ2v) is 3.74. The van der Waals surface area contributed by atoms with Crippen LogP contribution in [0.4, 0.5) is 10.1 Å². The number of hydrogen-bond acceptors (Lipinski definition) is 4. The molecule has 5 nitrogen and oxygen atoms in total. The minimum atomic E-state index is -1.15. The number of halogens is 1. The Morgan fingerprint density at radius 1 is 1.47 bits per heavy atom. The molecule has 0 aliphatic carbocycles. The van der Waals surface area contributed by atoms with Crippen LogP contribution in [0.1, 0.15) is 21.7 Å². The summed E-state index contributed by atoms with van der Waals surface area (Å²) in [5, 5.41) is 20.5. The van der Waals surface area contributed by atoms with E-state index >= 15 is 0 Å². The van der Waals surface area contributed by atoms with Crippen LogP contribution in [0.3, 0.4) is 0 Å². The van der Waals surface area contributed by atoms with Crippen LogP contribution < -0.4 is 5.32 Å². The fraction of sp³-hybridized carbons (Fsp3) is 0.0769. The lowest BCUT2D eigenvalue weighted by molar-refractivity contribution is 0.0661. The highest BCUT2D eigenvalue weighted by Crippen LogP contribution is 2.17. The molecular formula is C13H9FN2O3. The first-order chi connectivity index (χ1) is 9.11. The molecule has 1 aromatic heterocycles. The first-order valence-corrected chi connectivity index (χ1v) is 5.35. The molecule has 0 saturated heterocycles. The Kier molecular flexibility index (Phi) is 3.48. The second-order valence-electron chi connectivity index (χ2n) is 3.74. The molecule has 6 heteroatoms. The van der Waals surface area contributed by atoms with Gasteiger partial charge in [-0.15, -0.1) is 0 Å². The molecule has 96 valence electrons. The number of aromatic carboxylic acids is 1. The highest BCUT2D eigenvalue weighted by Gasteiger charge is 2.13. The number of furan rings is 1. The fourth-order valence-electron chi connectivity index (χ4n) is 1.58. The Bertz CT molecular complexity index is 658. The van der Waals surface area contributed by atoms with Gasteiger partial charge in [0.1, 0.15) is 11.9 Å². The zero-order valence-electron chi connectivity index (χ0n) is 9.68. The maximum absolute atomic E-state index is 13.1. The third kappa shape index (κ3) is 2.72. The van der Waals surface area contributed by atoms with E-state index in [2.05, 4.69) is 5.32 Å². The minimum absolute atomic E-state index is 0.0735. The normalized spacial score (nSPS) is 9.89. The topological polar surface area (TPSA) is 86.3 Å². The van der Waals surface area contributed by atoms with Gasteiger partial charge in [0.05, 0.1) is 11.8 Å². The lowest BCUT2D eigenvalue weighted by atomic mass is 10.2. The van der Waals surface area contributed by atoms with Crippen molar-refractivity contribution in [3.8, 4) is 6.07 Å². The molecule has 0 unspecified atom stereocenters. The number of rotatable bonds is 4. The Morgan fingerprint density at radius 3 is 2.95 bits per heavy atom. The number of nitriles is 1. The summed E-state index contributed by atoms with van der Waals surface area (Å²) in [6, 6.07) is 7.26. The molecule has 0 fully saturated rings. The molecule has 2 rings (SSSR count). The number of carboxylic acids is 1. The largest absolute Gasteiger partial charge is 0.475 e. The summed E-state index contributed by atoms with van der Waals surface area (Å²) in [5.41, 5.74) is 0.918. The average Bonchev–Trinajstić information content (AvgIpc) is 2.86. The van der Waals surface area contributed by atoms with E-state index in [9.17, 15) is 9.18 Å². The van der Waals surface area contributed by atoms with E-state index in [1.165, 1.54) is 30.5 Å². The fourth-order valence-corrected chi connectivity index (χ4v) is 1.58. The predicted octanol–water partition coefficient (Wildman–Crippen LogP) is 2.60. The van der Waals surface area contributed by atoms with E-state index in [0.29, 0.717) is 11.3 Å². The standard InChI is InChI=1S/C13H9FN2O3/c14-11-2-1-10(5-9(11)6-15)16-7-8-3-4-19-12(8)13(17)18/h1-5,16H,7H2,(H,17,18). The van der Waals surface area contributed by atoms with E-state index in [1.54, 1.807) is 6.07 Å². The van der Waals surface area contributed by atoms with Gasteiger partial charge in [0, 0.05) is 17.8 Å². The number of nitrogens with zero attached hydrogens (tertiary/aromatic N) is 1. The molecule has 0 amide bonds. The SMILES string of the molecule is N#Cc1cc(NCc2ccoc2C(=O)O)ccc1F. The molecule has 19 heavy (non-hydrogen) atoms. The van der Waals surface area contributed by atoms with E-state index in [4.69, 9.17) is 14.8 Å². The highest BCUT2D eigenvalue weighted by molar-refractivity contribution is 5.86. The highest BCUT2D eigenvalue weighted by atomic mass is 19.1. The average molecular weight is 260 g/mol. The van der Waals surface area contributed by atoms with Crippen LogP contribution in [0.25, 0.3) is 0 Å². The van der Waals surface area contributed by atoms with Crippen molar-refractivity contribution < 1.29 is 18.7 Å². The van der Waals surface area contributed by atoms with E-state index in [-0.39, 0.29) is 17.9 Å². The van der Waals surface area contributed by atoms with Crippen molar-refractivity contribution in [1.29, 1.82) is 5.26 Å². The predicted molar refractivity (Wildman–Crippen MR) is 64.1 cm³/mol. The summed E-state index contributed by atoms with van der Waals surface area (Å²) in [6.45, 7) is 0.203. The zero-order chi connectivity index (χ0) is 13.8. The van der Waals surface area contributed by atoms with Gasteiger partial charge in [-0.05, 0) is 24.3 Å². The number of benzene rings is 1. The Hall–Kier alpha value is -2.81. The van der Waals surface area contributed by atoms with Crippen LogP contribution in [0.5, 0.6) is 0 Å². The van der Waals surface area contributed by atoms with Crippen molar-refractivity contribution in [3.63, 3.8) is 0 Å². The third-order valence-electron chi connectivity index (χ3n) is 2.51. The van der Waals surface area contributed by atoms with Crippen LogP contribution in [-0.4, -0.2) is 11.1 Å². The van der Waals surface area contributed by atoms with Gasteiger partial charge in [0.25, 0.3) is 0 Å². The summed E-state index contributed by atoms with van der Waals surface area (Å²) >= 11 is 0. The molecule has 0 aliphatic rings. The summed E-state index contributed by atoms with van der Waals surface area (Å²) in [4.78, 5) is 10.8. The molecule has 1 heterocycles. The molecule has 0 atom stereocenters. The van der Waals surface area contributed by atoms with Crippen molar-refractivity contribution in [2.24, 2.45) is 0 Å². The van der Waals surface area contributed by atoms with E-state index in [1.807, 2.05) is 0 Å². The number of carbonyl (C=O) groups is 1. The smallest absolute Gasteiger partial charge is 0.372 e. The molecule has 2 aromatic rings. The van der Waals surface area contributed by atoms with Crippen molar-refractivity contribution >= 4 is 11.7 Å². The van der Waals surface area contributed by atoms with Crippen molar-refractivity contribution in [3.05, 3.63) is 53.2 Å². The summed E-state index contributed by atoms with van der Waals surface area (Å²) in [7, 11) is 0. The monoisotopic (exact) mass is 260 g/mol. The van der Waals surface area contributed by atoms with Crippen molar-refractivity contribution in [2.75, 3.05) is 5.32 Å². The minimum Gasteiger partial charge on any atom is -0.475 e. The number of anilines is 1. The van der Waals surface area contributed by atoms with Gasteiger partial charge in [0.2, 0.25) is 5.76 Å². The van der Waals surface area contributed by atoms with Gasteiger partial charge < -0.3 is 14.8 Å². The molecule has 2 N–H and O–H groups in total. The van der Waals surface area contributed by atoms with Crippen LogP contribution in [0.2, 0.25) is 0 Å². The Labute approximate surface area is 107 Å². The summed E-state index contributed by atoms with van der Waals surface area (Å²) in [6.07, 6.45) is 1.28. The van der Waals surface area contributed by atoms with Gasteiger partial charge in [-0.25, -0.2) is 9.18 Å². The molecule has 0 bridgehead atoms. The van der Waals surface area contributed by atoms with Gasteiger partial charge in [-0.2, -0.15) is 5.26 Å². The Morgan fingerprint density at radius 2 is 2.26 bits per heavy atom. The van der Waals surface area contributed by atoms with Crippen molar-refractivity contribution in [2.45, 2.75) is 6.54 Å². The first-order valence-electron chi connectivity index (χ1n) is 5.35. The zero-order valence-corrected chi connectivity index (χ0v) is 9.68. The number of nitrogens with one attached hydrogen (secondary N) is 1. The molecule has 0 radical (unpaired) electrons. The van der Waals surface area contributed by atoms with E-state index < -0.39 is 11.8 Å². The van der Waals surface area contributed by atoms with Gasteiger partial charge >= 0.3 is 5.97 Å².